The van der Waals surface area contributed by atoms with Gasteiger partial charge in [-0.25, -0.2) is 9.78 Å². The summed E-state index contributed by atoms with van der Waals surface area (Å²) in [6, 6.07) is 0. The van der Waals surface area contributed by atoms with Gasteiger partial charge in [-0.2, -0.15) is 5.10 Å². The Morgan fingerprint density at radius 1 is 1.35 bits per heavy atom. The Morgan fingerprint density at radius 2 is 2.13 bits per heavy atom. The Hall–Kier alpha value is -2.22. The van der Waals surface area contributed by atoms with Crippen LogP contribution in [-0.2, 0) is 17.6 Å². The lowest BCUT2D eigenvalue weighted by molar-refractivity contribution is 0.0531. The largest absolute Gasteiger partial charge is 0.462 e. The van der Waals surface area contributed by atoms with Crippen molar-refractivity contribution < 1.29 is 14.3 Å². The van der Waals surface area contributed by atoms with Crippen LogP contribution in [0.5, 0.6) is 0 Å². The van der Waals surface area contributed by atoms with E-state index < -0.39 is 5.97 Å². The molecule has 0 saturated heterocycles. The van der Waals surface area contributed by atoms with Crippen LogP contribution in [0.3, 0.4) is 0 Å². The van der Waals surface area contributed by atoms with Crippen molar-refractivity contribution in [1.82, 2.24) is 15.2 Å². The van der Waals surface area contributed by atoms with Gasteiger partial charge in [-0.3, -0.25) is 15.2 Å². The lowest BCUT2D eigenvalue weighted by Gasteiger charge is -2.10. The summed E-state index contributed by atoms with van der Waals surface area (Å²) in [6.45, 7) is 3.77. The molecule has 0 aromatic carbocycles. The molecule has 0 saturated carbocycles. The predicted octanol–water partition coefficient (Wildman–Crippen LogP) is 2.48. The van der Waals surface area contributed by atoms with E-state index >= 15 is 0 Å². The predicted molar refractivity (Wildman–Crippen MR) is 86.0 cm³/mol. The first kappa shape index (κ1) is 15.7. The number of carbonyl (C=O) groups is 2. The molecule has 7 nitrogen and oxygen atoms in total. The van der Waals surface area contributed by atoms with Crippen LogP contribution in [0.15, 0.2) is 0 Å². The van der Waals surface area contributed by atoms with Crippen LogP contribution >= 0.6 is 11.3 Å². The molecular weight excluding hydrogens is 316 g/mol. The van der Waals surface area contributed by atoms with E-state index in [-0.39, 0.29) is 5.91 Å². The topological polar surface area (TPSA) is 97.0 Å². The summed E-state index contributed by atoms with van der Waals surface area (Å²) in [5, 5.41) is 10.2. The van der Waals surface area contributed by atoms with E-state index in [9.17, 15) is 9.59 Å². The summed E-state index contributed by atoms with van der Waals surface area (Å²) >= 11 is 1.11. The molecule has 0 spiro atoms. The first-order valence-electron chi connectivity index (χ1n) is 7.62. The quantitative estimate of drug-likeness (QED) is 0.837. The van der Waals surface area contributed by atoms with Crippen molar-refractivity contribution in [3.63, 3.8) is 0 Å². The number of H-pyrrole nitrogens is 1. The zero-order valence-corrected chi connectivity index (χ0v) is 13.9. The fraction of sp³-hybridized carbons (Fsp3) is 0.467. The molecule has 0 fully saturated rings. The lowest BCUT2D eigenvalue weighted by atomic mass is 9.96. The van der Waals surface area contributed by atoms with Crippen molar-refractivity contribution in [2.75, 3.05) is 11.9 Å². The van der Waals surface area contributed by atoms with Gasteiger partial charge < -0.3 is 4.74 Å². The second-order valence-corrected chi connectivity index (χ2v) is 6.34. The van der Waals surface area contributed by atoms with Gasteiger partial charge in [0.2, 0.25) is 0 Å². The van der Waals surface area contributed by atoms with Crippen LogP contribution in [0.1, 0.15) is 56.9 Å². The fourth-order valence-corrected chi connectivity index (χ4v) is 3.52. The minimum Gasteiger partial charge on any atom is -0.462 e. The monoisotopic (exact) mass is 334 g/mol. The Balaban J connectivity index is 1.77. The fourth-order valence-electron chi connectivity index (χ4n) is 2.66. The number of amides is 1. The van der Waals surface area contributed by atoms with Gasteiger partial charge in [0, 0.05) is 11.3 Å². The molecule has 0 unspecified atom stereocenters. The molecule has 122 valence electrons. The highest BCUT2D eigenvalue weighted by Gasteiger charge is 2.23. The van der Waals surface area contributed by atoms with Gasteiger partial charge in [-0.05, 0) is 39.5 Å². The van der Waals surface area contributed by atoms with Crippen molar-refractivity contribution in [3.05, 3.63) is 27.5 Å². The molecule has 0 bridgehead atoms. The number of carbonyl (C=O) groups excluding carboxylic acids is 2. The van der Waals surface area contributed by atoms with Crippen molar-refractivity contribution in [3.8, 4) is 0 Å². The summed E-state index contributed by atoms with van der Waals surface area (Å²) in [5.41, 5.74) is 3.01. The van der Waals surface area contributed by atoms with Gasteiger partial charge in [0.1, 0.15) is 4.88 Å². The van der Waals surface area contributed by atoms with Gasteiger partial charge in [0.05, 0.1) is 12.3 Å². The molecule has 23 heavy (non-hydrogen) atoms. The molecule has 2 N–H and O–H groups in total. The Morgan fingerprint density at radius 3 is 2.91 bits per heavy atom. The standard InChI is InChI=1S/C15H18N4O3S/c1-3-22-14(21)12-8(2)16-15(23-12)17-13(20)11-9-6-4-5-7-10(9)18-19-11/h3-7H2,1-2H3,(H,18,19)(H,16,17,20). The van der Waals surface area contributed by atoms with Crippen LogP contribution in [0.4, 0.5) is 5.13 Å². The number of nitrogens with zero attached hydrogens (tertiary/aromatic N) is 2. The van der Waals surface area contributed by atoms with Gasteiger partial charge >= 0.3 is 5.97 Å². The van der Waals surface area contributed by atoms with Gasteiger partial charge in [0.25, 0.3) is 5.91 Å². The number of esters is 1. The average Bonchev–Trinajstić information content (AvgIpc) is 3.11. The number of hydrogen-bond acceptors (Lipinski definition) is 6. The highest BCUT2D eigenvalue weighted by atomic mass is 32.1. The summed E-state index contributed by atoms with van der Waals surface area (Å²) in [7, 11) is 0. The number of hydrogen-bond donors (Lipinski definition) is 2. The summed E-state index contributed by atoms with van der Waals surface area (Å²) in [4.78, 5) is 28.9. The highest BCUT2D eigenvalue weighted by Crippen LogP contribution is 2.26. The Labute approximate surface area is 137 Å². The number of nitrogens with one attached hydrogen (secondary N) is 2. The third-order valence-electron chi connectivity index (χ3n) is 3.75. The maximum absolute atomic E-state index is 12.4. The van der Waals surface area contributed by atoms with Gasteiger partial charge in [-0.15, -0.1) is 0 Å². The van der Waals surface area contributed by atoms with E-state index in [0.717, 1.165) is 48.3 Å². The van der Waals surface area contributed by atoms with Crippen LogP contribution in [0.2, 0.25) is 0 Å². The third-order valence-corrected chi connectivity index (χ3v) is 4.80. The Bertz CT molecular complexity index is 750. The molecule has 1 aliphatic rings. The molecule has 0 atom stereocenters. The van der Waals surface area contributed by atoms with E-state index in [0.29, 0.717) is 28.0 Å². The van der Waals surface area contributed by atoms with Crippen LogP contribution in [0.25, 0.3) is 0 Å². The minimum atomic E-state index is -0.417. The molecule has 0 aliphatic heterocycles. The molecule has 2 aromatic rings. The minimum absolute atomic E-state index is 0.298. The van der Waals surface area contributed by atoms with Crippen molar-refractivity contribution in [2.45, 2.75) is 39.5 Å². The molecule has 8 heteroatoms. The van der Waals surface area contributed by atoms with Crippen LogP contribution in [-0.4, -0.2) is 33.7 Å². The SMILES string of the molecule is CCOC(=O)c1sc(NC(=O)c2n[nH]c3c2CCCC3)nc1C. The van der Waals surface area contributed by atoms with E-state index in [1.54, 1.807) is 13.8 Å². The zero-order valence-electron chi connectivity index (χ0n) is 13.1. The van der Waals surface area contributed by atoms with E-state index in [2.05, 4.69) is 20.5 Å². The molecule has 0 radical (unpaired) electrons. The average molecular weight is 334 g/mol. The second-order valence-electron chi connectivity index (χ2n) is 5.34. The molecule has 1 aliphatic carbocycles. The summed E-state index contributed by atoms with van der Waals surface area (Å²) in [5.74, 6) is -0.714. The molecule has 1 amide bonds. The lowest BCUT2D eigenvalue weighted by Crippen LogP contribution is -2.15. The van der Waals surface area contributed by atoms with E-state index in [1.807, 2.05) is 0 Å². The molecule has 3 rings (SSSR count). The zero-order chi connectivity index (χ0) is 16.4. The molecule has 2 heterocycles. The first-order chi connectivity index (χ1) is 11.1. The van der Waals surface area contributed by atoms with Gasteiger partial charge in [0.15, 0.2) is 10.8 Å². The number of rotatable bonds is 4. The van der Waals surface area contributed by atoms with Gasteiger partial charge in [-0.1, -0.05) is 11.3 Å². The maximum atomic E-state index is 12.4. The van der Waals surface area contributed by atoms with Crippen molar-refractivity contribution in [2.24, 2.45) is 0 Å². The van der Waals surface area contributed by atoms with E-state index in [4.69, 9.17) is 4.74 Å². The number of fused-ring (bicyclic) bond motifs is 1. The Kier molecular flexibility index (Phi) is 4.42. The number of ether oxygens (including phenoxy) is 1. The highest BCUT2D eigenvalue weighted by molar-refractivity contribution is 7.17. The number of thiazole rings is 1. The first-order valence-corrected chi connectivity index (χ1v) is 8.43. The molecule has 2 aromatic heterocycles. The summed E-state index contributed by atoms with van der Waals surface area (Å²) < 4.78 is 4.98. The third kappa shape index (κ3) is 3.12. The number of aromatic amines is 1. The van der Waals surface area contributed by atoms with E-state index in [1.165, 1.54) is 0 Å². The number of aromatic nitrogens is 3. The second kappa shape index (κ2) is 6.49. The summed E-state index contributed by atoms with van der Waals surface area (Å²) in [6.07, 6.45) is 3.97. The van der Waals surface area contributed by atoms with Crippen molar-refractivity contribution in [1.29, 1.82) is 0 Å². The van der Waals surface area contributed by atoms with Crippen LogP contribution in [0, 0.1) is 6.92 Å². The number of anilines is 1. The van der Waals surface area contributed by atoms with Crippen molar-refractivity contribution >= 4 is 28.3 Å². The maximum Gasteiger partial charge on any atom is 0.350 e. The molecular formula is C15H18N4O3S. The van der Waals surface area contributed by atoms with Crippen LogP contribution < -0.4 is 5.32 Å². The normalized spacial score (nSPS) is 13.5. The number of aryl methyl sites for hydroxylation is 2. The smallest absolute Gasteiger partial charge is 0.350 e.